The Kier molecular flexibility index (Phi) is 8.15. The van der Waals surface area contributed by atoms with Crippen molar-refractivity contribution in [3.05, 3.63) is 46.6 Å². The van der Waals surface area contributed by atoms with Crippen LogP contribution in [0, 0.1) is 0 Å². The van der Waals surface area contributed by atoms with Gasteiger partial charge >= 0.3 is 0 Å². The van der Waals surface area contributed by atoms with E-state index in [2.05, 4.69) is 16.8 Å². The number of piperazine rings is 1. The van der Waals surface area contributed by atoms with Gasteiger partial charge in [0.05, 0.1) is 33.3 Å². The van der Waals surface area contributed by atoms with Crippen LogP contribution >= 0.6 is 0 Å². The highest BCUT2D eigenvalue weighted by molar-refractivity contribution is 5.83. The minimum absolute atomic E-state index is 0.203. The molecule has 0 spiro atoms. The van der Waals surface area contributed by atoms with Crippen molar-refractivity contribution >= 4 is 11.0 Å². The molecule has 0 aliphatic carbocycles. The average Bonchev–Trinajstić information content (AvgIpc) is 2.89. The highest BCUT2D eigenvalue weighted by Crippen LogP contribution is 2.37. The Morgan fingerprint density at radius 3 is 2.37 bits per heavy atom. The van der Waals surface area contributed by atoms with E-state index >= 15 is 0 Å². The number of hydrogen-bond donors (Lipinski definition) is 0. The number of rotatable bonds is 10. The highest BCUT2D eigenvalue weighted by Gasteiger charge is 2.20. The van der Waals surface area contributed by atoms with Crippen LogP contribution in [-0.4, -0.2) is 77.5 Å². The quantitative estimate of drug-likeness (QED) is 0.403. The summed E-state index contributed by atoms with van der Waals surface area (Å²) in [5.74, 6) is 2.30. The topological polar surface area (TPSA) is 73.6 Å². The van der Waals surface area contributed by atoms with Crippen LogP contribution in [0.5, 0.6) is 23.0 Å². The van der Waals surface area contributed by atoms with E-state index in [1.54, 1.807) is 51.7 Å². The molecule has 35 heavy (non-hydrogen) atoms. The van der Waals surface area contributed by atoms with Gasteiger partial charge in [-0.25, -0.2) is 0 Å². The van der Waals surface area contributed by atoms with Crippen LogP contribution in [0.2, 0.25) is 0 Å². The molecule has 2 heterocycles. The van der Waals surface area contributed by atoms with Crippen molar-refractivity contribution in [1.29, 1.82) is 0 Å². The molecule has 8 heteroatoms. The van der Waals surface area contributed by atoms with E-state index in [1.807, 2.05) is 6.07 Å². The van der Waals surface area contributed by atoms with Crippen LogP contribution in [-0.2, 0) is 0 Å². The third-order valence-corrected chi connectivity index (χ3v) is 6.41. The summed E-state index contributed by atoms with van der Waals surface area (Å²) in [6.07, 6.45) is 1.85. The molecule has 4 rings (SSSR count). The molecule has 0 amide bonds. The molecule has 3 aromatic rings. The van der Waals surface area contributed by atoms with Crippen LogP contribution < -0.4 is 24.4 Å². The highest BCUT2D eigenvalue weighted by atomic mass is 16.5. The minimum atomic E-state index is -0.210. The second kappa shape index (κ2) is 11.5. The SMILES string of the molecule is COc1ccc2c(=O)c(OCCCCN3CCN(C)CC3)c(-c3ccc(OC)c(OC)c3)oc2c1. The fourth-order valence-corrected chi connectivity index (χ4v) is 4.27. The zero-order valence-corrected chi connectivity index (χ0v) is 21.0. The van der Waals surface area contributed by atoms with Gasteiger partial charge < -0.3 is 33.2 Å². The number of hydrogen-bond acceptors (Lipinski definition) is 8. The molecule has 0 bridgehead atoms. The van der Waals surface area contributed by atoms with Crippen molar-refractivity contribution in [1.82, 2.24) is 9.80 Å². The molecular formula is C27H34N2O6. The fourth-order valence-electron chi connectivity index (χ4n) is 4.27. The summed E-state index contributed by atoms with van der Waals surface area (Å²) in [6.45, 7) is 5.87. The molecule has 1 aromatic heterocycles. The van der Waals surface area contributed by atoms with E-state index in [-0.39, 0.29) is 11.2 Å². The molecule has 8 nitrogen and oxygen atoms in total. The number of ether oxygens (including phenoxy) is 4. The molecular weight excluding hydrogens is 448 g/mol. The van der Waals surface area contributed by atoms with Gasteiger partial charge in [0.15, 0.2) is 17.3 Å². The molecule has 1 aliphatic heterocycles. The molecule has 0 N–H and O–H groups in total. The van der Waals surface area contributed by atoms with Gasteiger partial charge in [0, 0.05) is 37.8 Å². The van der Waals surface area contributed by atoms with Gasteiger partial charge in [0.25, 0.3) is 0 Å². The first-order valence-electron chi connectivity index (χ1n) is 11.9. The lowest BCUT2D eigenvalue weighted by Gasteiger charge is -2.32. The number of benzene rings is 2. The first-order valence-corrected chi connectivity index (χ1v) is 11.9. The number of nitrogens with zero attached hydrogens (tertiary/aromatic N) is 2. The third kappa shape index (κ3) is 5.71. The summed E-state index contributed by atoms with van der Waals surface area (Å²) < 4.78 is 28.4. The monoisotopic (exact) mass is 482 g/mol. The Bertz CT molecular complexity index is 1200. The standard InChI is InChI=1S/C27H34N2O6/c1-28-12-14-29(15-13-28)11-5-6-16-34-27-25(30)21-9-8-20(31-2)18-23(21)35-26(27)19-7-10-22(32-3)24(17-19)33-4/h7-10,17-18H,5-6,11-16H2,1-4H3. The summed E-state index contributed by atoms with van der Waals surface area (Å²) in [5, 5.41) is 0.447. The largest absolute Gasteiger partial charge is 0.497 e. The van der Waals surface area contributed by atoms with E-state index in [0.717, 1.165) is 45.6 Å². The predicted octanol–water partition coefficient (Wildman–Crippen LogP) is 3.89. The number of fused-ring (bicyclic) bond motifs is 1. The predicted molar refractivity (Wildman–Crippen MR) is 136 cm³/mol. The second-order valence-corrected chi connectivity index (χ2v) is 8.72. The van der Waals surface area contributed by atoms with E-state index in [9.17, 15) is 4.79 Å². The van der Waals surface area contributed by atoms with Gasteiger partial charge in [-0.1, -0.05) is 0 Å². The van der Waals surface area contributed by atoms with Crippen molar-refractivity contribution in [2.24, 2.45) is 0 Å². The molecule has 0 saturated carbocycles. The number of likely N-dealkylation sites (N-methyl/N-ethyl adjacent to an activating group) is 1. The van der Waals surface area contributed by atoms with Crippen molar-refractivity contribution in [2.45, 2.75) is 12.8 Å². The van der Waals surface area contributed by atoms with Crippen molar-refractivity contribution in [3.63, 3.8) is 0 Å². The summed E-state index contributed by atoms with van der Waals surface area (Å²) in [7, 11) is 6.89. The molecule has 2 aromatic carbocycles. The van der Waals surface area contributed by atoms with Crippen LogP contribution in [0.15, 0.2) is 45.6 Å². The molecule has 0 unspecified atom stereocenters. The average molecular weight is 483 g/mol. The Labute approximate surface area is 205 Å². The number of methoxy groups -OCH3 is 3. The van der Waals surface area contributed by atoms with Gasteiger partial charge in [-0.3, -0.25) is 4.79 Å². The Balaban J connectivity index is 1.58. The van der Waals surface area contributed by atoms with E-state index < -0.39 is 0 Å². The minimum Gasteiger partial charge on any atom is -0.497 e. The Morgan fingerprint density at radius 2 is 1.66 bits per heavy atom. The molecule has 1 aliphatic rings. The summed E-state index contributed by atoms with van der Waals surface area (Å²) in [4.78, 5) is 18.3. The second-order valence-electron chi connectivity index (χ2n) is 8.72. The zero-order chi connectivity index (χ0) is 24.8. The van der Waals surface area contributed by atoms with Crippen molar-refractivity contribution in [2.75, 3.05) is 67.7 Å². The van der Waals surface area contributed by atoms with Crippen LogP contribution in [0.25, 0.3) is 22.3 Å². The van der Waals surface area contributed by atoms with E-state index in [0.29, 0.717) is 46.1 Å². The maximum atomic E-state index is 13.4. The van der Waals surface area contributed by atoms with Crippen molar-refractivity contribution < 1.29 is 23.4 Å². The van der Waals surface area contributed by atoms with Gasteiger partial charge in [-0.15, -0.1) is 0 Å². The molecule has 1 saturated heterocycles. The Hall–Kier alpha value is -3.23. The smallest absolute Gasteiger partial charge is 0.235 e. The maximum Gasteiger partial charge on any atom is 0.235 e. The molecule has 188 valence electrons. The molecule has 0 radical (unpaired) electrons. The normalized spacial score (nSPS) is 14.7. The first kappa shape index (κ1) is 24.9. The van der Waals surface area contributed by atoms with Crippen LogP contribution in [0.3, 0.4) is 0 Å². The van der Waals surface area contributed by atoms with Crippen LogP contribution in [0.4, 0.5) is 0 Å². The van der Waals surface area contributed by atoms with Gasteiger partial charge in [0.1, 0.15) is 11.3 Å². The zero-order valence-electron chi connectivity index (χ0n) is 21.0. The summed E-state index contributed by atoms with van der Waals surface area (Å²) in [6, 6.07) is 10.5. The van der Waals surface area contributed by atoms with Crippen LogP contribution in [0.1, 0.15) is 12.8 Å². The lowest BCUT2D eigenvalue weighted by Crippen LogP contribution is -2.44. The van der Waals surface area contributed by atoms with E-state index in [1.165, 1.54) is 0 Å². The molecule has 1 fully saturated rings. The van der Waals surface area contributed by atoms with Gasteiger partial charge in [-0.2, -0.15) is 0 Å². The Morgan fingerprint density at radius 1 is 0.886 bits per heavy atom. The number of unbranched alkanes of at least 4 members (excludes halogenated alkanes) is 1. The first-order chi connectivity index (χ1) is 17.0. The van der Waals surface area contributed by atoms with Gasteiger partial charge in [-0.05, 0) is 56.8 Å². The fraction of sp³-hybridized carbons (Fsp3) is 0.444. The summed E-state index contributed by atoms with van der Waals surface area (Å²) in [5.41, 5.74) is 0.885. The molecule has 0 atom stereocenters. The summed E-state index contributed by atoms with van der Waals surface area (Å²) >= 11 is 0. The maximum absolute atomic E-state index is 13.4. The lowest BCUT2D eigenvalue weighted by atomic mass is 10.1. The van der Waals surface area contributed by atoms with E-state index in [4.69, 9.17) is 23.4 Å². The van der Waals surface area contributed by atoms with Crippen molar-refractivity contribution in [3.8, 4) is 34.3 Å². The van der Waals surface area contributed by atoms with Gasteiger partial charge in [0.2, 0.25) is 11.2 Å². The third-order valence-electron chi connectivity index (χ3n) is 6.41. The lowest BCUT2D eigenvalue weighted by molar-refractivity contribution is 0.149.